The molecule has 1 atom stereocenters. The van der Waals surface area contributed by atoms with Gasteiger partial charge in [-0.1, -0.05) is 226 Å². The van der Waals surface area contributed by atoms with Gasteiger partial charge in [0.2, 0.25) is 0 Å². The number of unbranched alkanes of at least 4 members (excludes halogenated alkanes) is 16. The monoisotopic (exact) mass is 927 g/mol. The zero-order valence-corrected chi connectivity index (χ0v) is 43.1. The van der Waals surface area contributed by atoms with Crippen LogP contribution in [0.3, 0.4) is 0 Å². The van der Waals surface area contributed by atoms with Gasteiger partial charge < -0.3 is 14.2 Å². The smallest absolute Gasteiger partial charge is 0.306 e. The van der Waals surface area contributed by atoms with E-state index >= 15 is 0 Å². The van der Waals surface area contributed by atoms with Crippen molar-refractivity contribution in [2.45, 2.75) is 232 Å². The van der Waals surface area contributed by atoms with E-state index in [-0.39, 0.29) is 37.5 Å². The van der Waals surface area contributed by atoms with Crippen molar-refractivity contribution in [1.82, 2.24) is 0 Å². The molecule has 67 heavy (non-hydrogen) atoms. The van der Waals surface area contributed by atoms with Gasteiger partial charge in [-0.15, -0.1) is 0 Å². The van der Waals surface area contributed by atoms with Gasteiger partial charge in [0.15, 0.2) is 6.10 Å². The SMILES string of the molecule is CC/C=C\C/C=C\C/C=C\C/C=C\C/C=C\CCCCCCCC(=O)OCC(COC(=O)CCCCCCCCCCCCC)OC(=O)CCC/C=C\C/C=C\C/C=C\C/C=C\C/C=C\CC. The maximum Gasteiger partial charge on any atom is 0.306 e. The van der Waals surface area contributed by atoms with Crippen LogP contribution in [0.15, 0.2) is 122 Å². The van der Waals surface area contributed by atoms with Crippen molar-refractivity contribution in [2.75, 3.05) is 13.2 Å². The van der Waals surface area contributed by atoms with Crippen LogP contribution in [0, 0.1) is 0 Å². The van der Waals surface area contributed by atoms with Crippen LogP contribution < -0.4 is 0 Å². The highest BCUT2D eigenvalue weighted by Gasteiger charge is 2.19. The third kappa shape index (κ3) is 52.6. The van der Waals surface area contributed by atoms with Crippen LogP contribution in [0.5, 0.6) is 0 Å². The predicted molar refractivity (Wildman–Crippen MR) is 288 cm³/mol. The van der Waals surface area contributed by atoms with E-state index in [1.165, 1.54) is 51.4 Å². The number of rotatable bonds is 47. The zero-order chi connectivity index (χ0) is 48.6. The molecular formula is C61H98O6. The molecule has 0 amide bonds. The lowest BCUT2D eigenvalue weighted by Crippen LogP contribution is -2.30. The molecule has 0 aliphatic rings. The first-order valence-corrected chi connectivity index (χ1v) is 27.0. The first-order valence-electron chi connectivity index (χ1n) is 27.0. The van der Waals surface area contributed by atoms with E-state index in [2.05, 4.69) is 142 Å². The van der Waals surface area contributed by atoms with Crippen LogP contribution in [0.4, 0.5) is 0 Å². The van der Waals surface area contributed by atoms with Crippen LogP contribution in [0.1, 0.15) is 226 Å². The van der Waals surface area contributed by atoms with Crippen molar-refractivity contribution < 1.29 is 28.6 Å². The number of allylic oxidation sites excluding steroid dienone is 20. The van der Waals surface area contributed by atoms with Crippen molar-refractivity contribution in [1.29, 1.82) is 0 Å². The molecule has 0 aromatic carbocycles. The fraction of sp³-hybridized carbons (Fsp3) is 0.623. The van der Waals surface area contributed by atoms with Gasteiger partial charge >= 0.3 is 17.9 Å². The third-order valence-electron chi connectivity index (χ3n) is 11.0. The molecule has 0 spiro atoms. The topological polar surface area (TPSA) is 78.9 Å². The summed E-state index contributed by atoms with van der Waals surface area (Å²) in [6, 6.07) is 0. The Morgan fingerprint density at radius 1 is 0.313 bits per heavy atom. The molecule has 0 radical (unpaired) electrons. The van der Waals surface area contributed by atoms with E-state index in [1.807, 2.05) is 0 Å². The molecule has 0 aromatic rings. The molecule has 0 N–H and O–H groups in total. The Morgan fingerprint density at radius 2 is 0.597 bits per heavy atom. The Morgan fingerprint density at radius 3 is 0.955 bits per heavy atom. The zero-order valence-electron chi connectivity index (χ0n) is 43.1. The van der Waals surface area contributed by atoms with Gasteiger partial charge in [0, 0.05) is 19.3 Å². The van der Waals surface area contributed by atoms with Gasteiger partial charge in [-0.2, -0.15) is 0 Å². The van der Waals surface area contributed by atoms with E-state index in [9.17, 15) is 14.4 Å². The Balaban J connectivity index is 4.49. The Labute approximate surface area is 412 Å². The maximum absolute atomic E-state index is 12.8. The van der Waals surface area contributed by atoms with Gasteiger partial charge in [0.05, 0.1) is 0 Å². The van der Waals surface area contributed by atoms with Crippen LogP contribution in [0.25, 0.3) is 0 Å². The molecule has 0 fully saturated rings. The maximum atomic E-state index is 12.8. The van der Waals surface area contributed by atoms with Crippen molar-refractivity contribution >= 4 is 17.9 Å². The highest BCUT2D eigenvalue weighted by Crippen LogP contribution is 2.14. The summed E-state index contributed by atoms with van der Waals surface area (Å²) in [5.41, 5.74) is 0. The highest BCUT2D eigenvalue weighted by atomic mass is 16.6. The molecule has 0 aliphatic carbocycles. The molecule has 0 rings (SSSR count). The fourth-order valence-corrected chi connectivity index (χ4v) is 6.97. The number of hydrogen-bond donors (Lipinski definition) is 0. The summed E-state index contributed by atoms with van der Waals surface area (Å²) in [7, 11) is 0. The van der Waals surface area contributed by atoms with Crippen LogP contribution >= 0.6 is 0 Å². The average molecular weight is 927 g/mol. The van der Waals surface area contributed by atoms with Crippen molar-refractivity contribution in [3.8, 4) is 0 Å². The Bertz CT molecular complexity index is 1440. The summed E-state index contributed by atoms with van der Waals surface area (Å²) in [4.78, 5) is 38.0. The summed E-state index contributed by atoms with van der Waals surface area (Å²) in [5.74, 6) is -0.993. The largest absolute Gasteiger partial charge is 0.462 e. The van der Waals surface area contributed by atoms with Crippen LogP contribution in [-0.4, -0.2) is 37.2 Å². The minimum Gasteiger partial charge on any atom is -0.462 e. The van der Waals surface area contributed by atoms with E-state index < -0.39 is 6.10 Å². The lowest BCUT2D eigenvalue weighted by atomic mass is 10.1. The molecule has 0 heterocycles. The molecule has 6 nitrogen and oxygen atoms in total. The molecule has 0 bridgehead atoms. The van der Waals surface area contributed by atoms with Gasteiger partial charge in [-0.3, -0.25) is 14.4 Å². The second kappa shape index (κ2) is 54.4. The summed E-state index contributed by atoms with van der Waals surface area (Å²) in [6.07, 6.45) is 74.7. The lowest BCUT2D eigenvalue weighted by molar-refractivity contribution is -0.167. The number of esters is 3. The fourth-order valence-electron chi connectivity index (χ4n) is 6.97. The van der Waals surface area contributed by atoms with E-state index in [4.69, 9.17) is 14.2 Å². The van der Waals surface area contributed by atoms with Gasteiger partial charge in [-0.25, -0.2) is 0 Å². The van der Waals surface area contributed by atoms with Gasteiger partial charge in [0.1, 0.15) is 13.2 Å². The summed E-state index contributed by atoms with van der Waals surface area (Å²) in [5, 5.41) is 0. The molecule has 6 heteroatoms. The summed E-state index contributed by atoms with van der Waals surface area (Å²) >= 11 is 0. The summed E-state index contributed by atoms with van der Waals surface area (Å²) < 4.78 is 16.7. The highest BCUT2D eigenvalue weighted by molar-refractivity contribution is 5.71. The molecule has 0 aromatic heterocycles. The normalized spacial score (nSPS) is 13.1. The minimum absolute atomic E-state index is 0.109. The number of hydrogen-bond acceptors (Lipinski definition) is 6. The molecule has 0 saturated carbocycles. The molecule has 1 unspecified atom stereocenters. The second-order valence-electron chi connectivity index (χ2n) is 17.4. The first kappa shape index (κ1) is 62.8. The quantitative estimate of drug-likeness (QED) is 0.0262. The Hall–Kier alpha value is -4.19. The standard InChI is InChI=1S/C61H98O6/c1-4-7-10-13-16-19-22-24-26-28-29-30-31-33-34-36-39-42-45-48-51-54-60(63)66-57-58(56-65-59(62)53-50-47-44-41-38-21-18-15-12-9-6-3)67-61(64)55-52-49-46-43-40-37-35-32-27-25-23-20-17-14-11-8-5-2/h7-8,10-11,16-17,19-20,24-27,29-30,33-35,37,43,46,58H,4-6,9,12-15,18,21-23,28,31-32,36,38-42,44-45,47-57H2,1-3H3/b10-7-,11-8-,19-16-,20-17-,26-24-,27-25-,30-29-,34-33-,37-35-,46-43-. The molecular weight excluding hydrogens is 829 g/mol. The number of carbonyl (C=O) groups is 3. The average Bonchev–Trinajstić information content (AvgIpc) is 3.33. The van der Waals surface area contributed by atoms with Crippen LogP contribution in [0.2, 0.25) is 0 Å². The van der Waals surface area contributed by atoms with Crippen molar-refractivity contribution in [3.63, 3.8) is 0 Å². The minimum atomic E-state index is -0.817. The molecule has 0 saturated heterocycles. The van der Waals surface area contributed by atoms with Crippen molar-refractivity contribution in [2.24, 2.45) is 0 Å². The van der Waals surface area contributed by atoms with Gasteiger partial charge in [-0.05, 0) is 103 Å². The first-order chi connectivity index (χ1) is 33.0. The van der Waals surface area contributed by atoms with E-state index in [0.29, 0.717) is 19.3 Å². The second-order valence-corrected chi connectivity index (χ2v) is 17.4. The molecule has 378 valence electrons. The van der Waals surface area contributed by atoms with E-state index in [0.717, 1.165) is 128 Å². The lowest BCUT2D eigenvalue weighted by Gasteiger charge is -2.18. The number of ether oxygens (including phenoxy) is 3. The molecule has 0 aliphatic heterocycles. The van der Waals surface area contributed by atoms with E-state index in [1.54, 1.807) is 0 Å². The number of carbonyl (C=O) groups excluding carboxylic acids is 3. The van der Waals surface area contributed by atoms with Crippen LogP contribution in [-0.2, 0) is 28.6 Å². The van der Waals surface area contributed by atoms with Crippen molar-refractivity contribution in [3.05, 3.63) is 122 Å². The summed E-state index contributed by atoms with van der Waals surface area (Å²) in [6.45, 7) is 6.33. The Kier molecular flexibility index (Phi) is 51.0. The third-order valence-corrected chi connectivity index (χ3v) is 11.0. The predicted octanol–water partition coefficient (Wildman–Crippen LogP) is 18.1. The van der Waals surface area contributed by atoms with Gasteiger partial charge in [0.25, 0.3) is 0 Å².